The van der Waals surface area contributed by atoms with Gasteiger partial charge < -0.3 is 46.3 Å². The number of H-pyrrole nitrogens is 1. The lowest BCUT2D eigenvalue weighted by Gasteiger charge is -2.22. The van der Waals surface area contributed by atoms with Crippen LogP contribution >= 0.6 is 23.5 Å². The molecule has 2 fully saturated rings. The van der Waals surface area contributed by atoms with Crippen molar-refractivity contribution in [1.29, 1.82) is 0 Å². The summed E-state index contributed by atoms with van der Waals surface area (Å²) in [6, 6.07) is 0. The fraction of sp³-hybridized carbons (Fsp3) is 0.500. The minimum absolute atomic E-state index is 0.0358. The van der Waals surface area contributed by atoms with Crippen LogP contribution in [-0.4, -0.2) is 120 Å². The summed E-state index contributed by atoms with van der Waals surface area (Å²) in [5.74, 6) is -0.328. The van der Waals surface area contributed by atoms with Crippen LogP contribution in [0.2, 0.25) is 0 Å². The summed E-state index contributed by atoms with van der Waals surface area (Å²) in [6.45, 7) is -0.763. The summed E-state index contributed by atoms with van der Waals surface area (Å²) in [5, 5.41) is 50.0. The molecule has 0 radical (unpaired) electrons. The van der Waals surface area contributed by atoms with Gasteiger partial charge in [0.2, 0.25) is 5.95 Å². The van der Waals surface area contributed by atoms with E-state index in [2.05, 4.69) is 67.7 Å². The van der Waals surface area contributed by atoms with Crippen molar-refractivity contribution in [2.24, 2.45) is 0 Å². The van der Waals surface area contributed by atoms with Gasteiger partial charge in [-0.3, -0.25) is 32.9 Å². The first kappa shape index (κ1) is 40.2. The number of phosphoric acid groups is 3. The number of rotatable bonds is 16. The van der Waals surface area contributed by atoms with E-state index >= 15 is 0 Å². The molecular formula is C20H27N10O21P3. The molecule has 7 unspecified atom stereocenters. The molecule has 0 bridgehead atoms. The zero-order chi connectivity index (χ0) is 39.2. The number of fused-ring (bicyclic) bond motifs is 2. The maximum atomic E-state index is 13.2. The van der Waals surface area contributed by atoms with Gasteiger partial charge in [-0.2, -0.15) is 9.29 Å². The standard InChI is InChI=1S/C20H27N10O21P3/c1-41-52(36,37)51-54(40,45-19-12(34)11(33)18(44-19)30-5-26-8-15(30)27-20(22)28-16(8)35)50-47-49-53(38,39)48-46-42-2-6-9(31)10(32)17(43-6)29-4-25-7-13(21)23-3-24-14(7)29/h3-6,9-12,17-19,31-34H,2H2,1H3,(H,36,37)(H,38,39)(H2,21,23,24)(H3,22,27,28,35)/t6-,9-,10-,11?,12?,17-,18?,19?,54?/m1/s1. The molecule has 4 aromatic heterocycles. The molecule has 298 valence electrons. The Balaban J connectivity index is 1.03. The molecule has 34 heteroatoms. The van der Waals surface area contributed by atoms with E-state index in [1.807, 2.05) is 0 Å². The molecule has 2 aliphatic rings. The van der Waals surface area contributed by atoms with Crippen molar-refractivity contribution in [2.75, 3.05) is 25.2 Å². The number of imidazole rings is 2. The maximum absolute atomic E-state index is 13.2. The summed E-state index contributed by atoms with van der Waals surface area (Å²) in [6.07, 6.45) is -10.6. The van der Waals surface area contributed by atoms with Crippen LogP contribution in [0.5, 0.6) is 0 Å². The second-order valence-corrected chi connectivity index (χ2v) is 15.1. The lowest BCUT2D eigenvalue weighted by molar-refractivity contribution is -0.494. The molecule has 11 N–H and O–H groups in total. The van der Waals surface area contributed by atoms with Crippen LogP contribution in [0.25, 0.3) is 22.3 Å². The zero-order valence-electron chi connectivity index (χ0n) is 26.5. The molecule has 54 heavy (non-hydrogen) atoms. The highest BCUT2D eigenvalue weighted by Gasteiger charge is 2.52. The number of phosphoric ester groups is 1. The number of nitrogen functional groups attached to an aromatic ring is 2. The average molecular weight is 836 g/mol. The van der Waals surface area contributed by atoms with Gasteiger partial charge in [0.05, 0.1) is 12.7 Å². The summed E-state index contributed by atoms with van der Waals surface area (Å²) in [7, 11) is -16.1. The van der Waals surface area contributed by atoms with Crippen molar-refractivity contribution in [3.05, 3.63) is 29.3 Å². The first-order valence-corrected chi connectivity index (χ1v) is 18.8. The van der Waals surface area contributed by atoms with Crippen molar-refractivity contribution in [1.82, 2.24) is 39.0 Å². The monoisotopic (exact) mass is 836 g/mol. The van der Waals surface area contributed by atoms with Gasteiger partial charge in [-0.15, -0.1) is 0 Å². The lowest BCUT2D eigenvalue weighted by Crippen LogP contribution is -2.33. The third-order valence-corrected chi connectivity index (χ3v) is 10.5. The minimum Gasteiger partial charge on any atom is -0.387 e. The first-order valence-electron chi connectivity index (χ1n) is 14.3. The number of nitrogens with one attached hydrogen (secondary N) is 1. The third-order valence-electron chi connectivity index (χ3n) is 7.24. The predicted octanol–water partition coefficient (Wildman–Crippen LogP) is -2.93. The Labute approximate surface area is 296 Å². The number of aliphatic hydroxyl groups excluding tert-OH is 4. The van der Waals surface area contributed by atoms with Crippen LogP contribution in [-0.2, 0) is 65.5 Å². The second-order valence-electron chi connectivity index (χ2n) is 10.7. The van der Waals surface area contributed by atoms with Crippen LogP contribution in [0.3, 0.4) is 0 Å². The third kappa shape index (κ3) is 8.35. The Hall–Kier alpha value is -3.49. The van der Waals surface area contributed by atoms with Gasteiger partial charge in [0.1, 0.15) is 49.0 Å². The van der Waals surface area contributed by atoms with E-state index in [-0.39, 0.29) is 34.1 Å². The van der Waals surface area contributed by atoms with Crippen LogP contribution < -0.4 is 17.0 Å². The summed E-state index contributed by atoms with van der Waals surface area (Å²) >= 11 is 0. The normalized spacial score (nSPS) is 29.4. The largest absolute Gasteiger partial charge is 0.531 e. The van der Waals surface area contributed by atoms with E-state index < -0.39 is 84.9 Å². The smallest absolute Gasteiger partial charge is 0.387 e. The van der Waals surface area contributed by atoms with Crippen molar-refractivity contribution < 1.29 is 95.7 Å². The number of aliphatic hydroxyl groups is 4. The van der Waals surface area contributed by atoms with Gasteiger partial charge in [0.15, 0.2) is 41.4 Å². The summed E-state index contributed by atoms with van der Waals surface area (Å²) < 4.78 is 75.9. The first-order chi connectivity index (χ1) is 25.4. The molecule has 6 heterocycles. The Bertz CT molecular complexity index is 2190. The number of nitrogens with two attached hydrogens (primary N) is 2. The number of aromatic amines is 1. The number of hydrogen-bond acceptors (Lipinski definition) is 26. The molecule has 0 amide bonds. The van der Waals surface area contributed by atoms with Gasteiger partial charge in [0.25, 0.3) is 5.56 Å². The Kier molecular flexibility index (Phi) is 11.6. The fourth-order valence-corrected chi connectivity index (χ4v) is 7.23. The van der Waals surface area contributed by atoms with Crippen molar-refractivity contribution in [3.8, 4) is 0 Å². The molecule has 0 spiro atoms. The Morgan fingerprint density at radius 1 is 0.833 bits per heavy atom. The van der Waals surface area contributed by atoms with Crippen LogP contribution in [0.1, 0.15) is 12.5 Å². The highest BCUT2D eigenvalue weighted by Crippen LogP contribution is 2.65. The van der Waals surface area contributed by atoms with Crippen molar-refractivity contribution in [2.45, 2.75) is 49.3 Å². The molecule has 0 aliphatic carbocycles. The summed E-state index contributed by atoms with van der Waals surface area (Å²) in [5.41, 5.74) is 10.3. The van der Waals surface area contributed by atoms with Crippen molar-refractivity contribution in [3.63, 3.8) is 0 Å². The van der Waals surface area contributed by atoms with Crippen LogP contribution in [0.4, 0.5) is 11.8 Å². The van der Waals surface area contributed by atoms with Gasteiger partial charge in [-0.25, -0.2) is 38.5 Å². The molecule has 0 aromatic carbocycles. The van der Waals surface area contributed by atoms with E-state index in [0.29, 0.717) is 7.11 Å². The maximum Gasteiger partial charge on any atom is 0.531 e. The quantitative estimate of drug-likeness (QED) is 0.0236. The Morgan fingerprint density at radius 3 is 2.20 bits per heavy atom. The second kappa shape index (κ2) is 15.6. The average Bonchev–Trinajstić information content (AvgIpc) is 3.85. The Morgan fingerprint density at radius 2 is 1.48 bits per heavy atom. The lowest BCUT2D eigenvalue weighted by atomic mass is 10.1. The minimum atomic E-state index is -5.77. The highest BCUT2D eigenvalue weighted by molar-refractivity contribution is 7.61. The molecule has 2 aliphatic heterocycles. The van der Waals surface area contributed by atoms with Gasteiger partial charge in [-0.1, -0.05) is 19.1 Å². The highest BCUT2D eigenvalue weighted by atomic mass is 31.3. The van der Waals surface area contributed by atoms with Gasteiger partial charge >= 0.3 is 23.5 Å². The van der Waals surface area contributed by atoms with E-state index in [1.165, 1.54) is 10.9 Å². The molecule has 4 aromatic rings. The van der Waals surface area contributed by atoms with E-state index in [9.17, 15) is 48.7 Å². The van der Waals surface area contributed by atoms with Gasteiger partial charge in [-0.05, 0) is 5.04 Å². The number of nitrogens with zero attached hydrogens (tertiary/aromatic N) is 7. The molecule has 6 rings (SSSR count). The van der Waals surface area contributed by atoms with E-state index in [0.717, 1.165) is 17.2 Å². The number of anilines is 2. The SMILES string of the molecule is COP(=O)(O)OP(=O)(OOOP(=O)(O)OOOC[C@H]1O[C@@H](n2cnc3c(N)ncnc32)[C@H](O)[C@@H]1O)OC1OC(n2cnc3c(=O)[nH]c(N)nc32)C(O)C1O. The molecule has 11 atom stereocenters. The predicted molar refractivity (Wildman–Crippen MR) is 162 cm³/mol. The molecule has 31 nitrogen and oxygen atoms in total. The topological polar surface area (TPSA) is 433 Å². The van der Waals surface area contributed by atoms with E-state index in [4.69, 9.17) is 25.5 Å². The fourth-order valence-electron chi connectivity index (χ4n) is 4.82. The van der Waals surface area contributed by atoms with Crippen LogP contribution in [0.15, 0.2) is 23.8 Å². The van der Waals surface area contributed by atoms with Crippen LogP contribution in [0, 0.1) is 0 Å². The summed E-state index contributed by atoms with van der Waals surface area (Å²) in [4.78, 5) is 57.9. The molecular weight excluding hydrogens is 809 g/mol. The molecule has 0 saturated carbocycles. The zero-order valence-corrected chi connectivity index (χ0v) is 29.2. The number of aromatic nitrogens is 8. The van der Waals surface area contributed by atoms with Crippen molar-refractivity contribution >= 4 is 57.6 Å². The molecule has 2 saturated heterocycles. The van der Waals surface area contributed by atoms with E-state index in [1.54, 1.807) is 0 Å². The van der Waals surface area contributed by atoms with Gasteiger partial charge in [0, 0.05) is 7.11 Å². The number of ether oxygens (including phenoxy) is 2. The number of hydrogen-bond donors (Lipinski definition) is 9.